The van der Waals surface area contributed by atoms with E-state index in [4.69, 9.17) is 4.74 Å². The topological polar surface area (TPSA) is 24.5 Å². The number of benzene rings is 1. The molecule has 3 nitrogen and oxygen atoms in total. The minimum atomic E-state index is 0.249. The Kier molecular flexibility index (Phi) is 3.89. The van der Waals surface area contributed by atoms with Gasteiger partial charge in [-0.3, -0.25) is 0 Å². The minimum absolute atomic E-state index is 0.249. The molecule has 0 amide bonds. The lowest BCUT2D eigenvalue weighted by Gasteiger charge is -2.28. The van der Waals surface area contributed by atoms with E-state index in [9.17, 15) is 0 Å². The molecule has 2 rings (SSSR count). The minimum Gasteiger partial charge on any atom is -0.383 e. The summed E-state index contributed by atoms with van der Waals surface area (Å²) in [4.78, 5) is 2.27. The Morgan fingerprint density at radius 1 is 1.47 bits per heavy atom. The molecule has 0 aromatic heterocycles. The van der Waals surface area contributed by atoms with Crippen LogP contribution in [-0.4, -0.2) is 33.4 Å². The van der Waals surface area contributed by atoms with Crippen molar-refractivity contribution in [2.75, 3.05) is 37.5 Å². The van der Waals surface area contributed by atoms with E-state index >= 15 is 0 Å². The molecule has 1 aromatic rings. The average Bonchev–Trinajstić information content (AvgIpc) is 2.37. The third-order valence-corrected chi connectivity index (χ3v) is 3.40. The maximum atomic E-state index is 5.32. The Morgan fingerprint density at radius 2 is 2.29 bits per heavy atom. The van der Waals surface area contributed by atoms with Crippen LogP contribution < -0.4 is 10.2 Å². The molecule has 1 aromatic carbocycles. The predicted molar refractivity (Wildman–Crippen MR) is 73.0 cm³/mol. The van der Waals surface area contributed by atoms with Gasteiger partial charge in [0.25, 0.3) is 0 Å². The molecule has 0 fully saturated rings. The summed E-state index contributed by atoms with van der Waals surface area (Å²) >= 11 is 0. The van der Waals surface area contributed by atoms with Gasteiger partial charge in [0.1, 0.15) is 0 Å². The second-order valence-corrected chi connectivity index (χ2v) is 4.77. The molecule has 3 heteroatoms. The van der Waals surface area contributed by atoms with E-state index < -0.39 is 0 Å². The van der Waals surface area contributed by atoms with Crippen molar-refractivity contribution in [1.29, 1.82) is 0 Å². The highest BCUT2D eigenvalue weighted by Crippen LogP contribution is 2.32. The van der Waals surface area contributed by atoms with Crippen LogP contribution in [0.3, 0.4) is 0 Å². The van der Waals surface area contributed by atoms with E-state index in [0.29, 0.717) is 0 Å². The first-order chi connectivity index (χ1) is 8.22. The highest BCUT2D eigenvalue weighted by atomic mass is 16.5. The van der Waals surface area contributed by atoms with Crippen LogP contribution >= 0.6 is 0 Å². The van der Waals surface area contributed by atoms with E-state index in [1.165, 1.54) is 29.8 Å². The summed E-state index contributed by atoms with van der Waals surface area (Å²) in [6, 6.07) is 6.55. The number of aryl methyl sites for hydroxylation is 1. The van der Waals surface area contributed by atoms with E-state index in [1.54, 1.807) is 7.11 Å². The lowest BCUT2D eigenvalue weighted by molar-refractivity contribution is 0.124. The monoisotopic (exact) mass is 234 g/mol. The Bertz CT molecular complexity index is 378. The molecule has 94 valence electrons. The summed E-state index contributed by atoms with van der Waals surface area (Å²) in [5.74, 6) is 0. The number of rotatable bonds is 4. The maximum Gasteiger partial charge on any atom is 0.0717 e. The van der Waals surface area contributed by atoms with Crippen molar-refractivity contribution in [3.8, 4) is 0 Å². The van der Waals surface area contributed by atoms with Crippen LogP contribution in [0.5, 0.6) is 0 Å². The fourth-order valence-electron chi connectivity index (χ4n) is 2.37. The highest BCUT2D eigenvalue weighted by molar-refractivity contribution is 5.74. The Morgan fingerprint density at radius 3 is 3.06 bits per heavy atom. The van der Waals surface area contributed by atoms with Crippen LogP contribution in [0.1, 0.15) is 18.9 Å². The van der Waals surface area contributed by atoms with E-state index in [2.05, 4.69) is 42.4 Å². The molecule has 1 heterocycles. The Balaban J connectivity index is 2.20. The number of nitrogens with one attached hydrogen (secondary N) is 1. The van der Waals surface area contributed by atoms with Gasteiger partial charge in [-0.25, -0.2) is 0 Å². The van der Waals surface area contributed by atoms with Gasteiger partial charge >= 0.3 is 0 Å². The quantitative estimate of drug-likeness (QED) is 0.866. The fourth-order valence-corrected chi connectivity index (χ4v) is 2.37. The number of methoxy groups -OCH3 is 1. The molecule has 0 saturated carbocycles. The molecule has 0 aliphatic carbocycles. The van der Waals surface area contributed by atoms with E-state index in [0.717, 1.165) is 13.1 Å². The number of hydrogen-bond acceptors (Lipinski definition) is 3. The summed E-state index contributed by atoms with van der Waals surface area (Å²) in [6.45, 7) is 4.09. The number of para-hydroxylation sites is 1. The molecule has 1 aliphatic heterocycles. The second kappa shape index (κ2) is 5.41. The van der Waals surface area contributed by atoms with Crippen molar-refractivity contribution in [2.24, 2.45) is 0 Å². The molecular formula is C14H22N2O. The lowest BCUT2D eigenvalue weighted by atomic mass is 10.0. The zero-order chi connectivity index (χ0) is 12.3. The van der Waals surface area contributed by atoms with Crippen molar-refractivity contribution in [3.63, 3.8) is 0 Å². The molecule has 0 saturated heterocycles. The van der Waals surface area contributed by atoms with Crippen LogP contribution in [0.25, 0.3) is 0 Å². The third-order valence-electron chi connectivity index (χ3n) is 3.40. The number of likely N-dealkylation sites (N-methyl/N-ethyl adjacent to an activating group) is 1. The zero-order valence-electron chi connectivity index (χ0n) is 11.0. The van der Waals surface area contributed by atoms with E-state index in [-0.39, 0.29) is 6.10 Å². The largest absolute Gasteiger partial charge is 0.383 e. The Labute approximate surface area is 104 Å². The molecule has 0 bridgehead atoms. The second-order valence-electron chi connectivity index (χ2n) is 4.77. The number of hydrogen-bond donors (Lipinski definition) is 1. The molecule has 1 N–H and O–H groups in total. The molecule has 0 spiro atoms. The van der Waals surface area contributed by atoms with Gasteiger partial charge in [0.05, 0.1) is 17.5 Å². The van der Waals surface area contributed by atoms with Crippen molar-refractivity contribution < 1.29 is 4.74 Å². The van der Waals surface area contributed by atoms with Crippen molar-refractivity contribution in [2.45, 2.75) is 25.9 Å². The summed E-state index contributed by atoms with van der Waals surface area (Å²) in [5.41, 5.74) is 4.03. The third kappa shape index (κ3) is 2.72. The number of nitrogens with zero attached hydrogens (tertiary/aromatic N) is 1. The average molecular weight is 234 g/mol. The van der Waals surface area contributed by atoms with Gasteiger partial charge in [0.15, 0.2) is 0 Å². The zero-order valence-corrected chi connectivity index (χ0v) is 11.0. The van der Waals surface area contributed by atoms with Crippen LogP contribution in [0.2, 0.25) is 0 Å². The van der Waals surface area contributed by atoms with Gasteiger partial charge in [-0.05, 0) is 31.4 Å². The molecular weight excluding hydrogens is 212 g/mol. The summed E-state index contributed by atoms with van der Waals surface area (Å²) < 4.78 is 5.32. The molecule has 1 atom stereocenters. The predicted octanol–water partition coefficient (Wildman–Crippen LogP) is 2.52. The molecule has 1 aliphatic rings. The highest BCUT2D eigenvalue weighted by Gasteiger charge is 2.15. The molecule has 17 heavy (non-hydrogen) atoms. The number of anilines is 2. The van der Waals surface area contributed by atoms with E-state index in [1.807, 2.05) is 0 Å². The van der Waals surface area contributed by atoms with Crippen LogP contribution in [0.4, 0.5) is 11.4 Å². The summed E-state index contributed by atoms with van der Waals surface area (Å²) in [6.07, 6.45) is 2.66. The normalized spacial score (nSPS) is 15.9. The van der Waals surface area contributed by atoms with Gasteiger partial charge in [-0.1, -0.05) is 12.1 Å². The fraction of sp³-hybridized carbons (Fsp3) is 0.571. The number of fused-ring (bicyclic) bond motifs is 1. The number of ether oxygens (including phenoxy) is 1. The van der Waals surface area contributed by atoms with Crippen LogP contribution in [-0.2, 0) is 11.2 Å². The van der Waals surface area contributed by atoms with Crippen molar-refractivity contribution >= 4 is 11.4 Å². The standard InChI is InChI=1S/C14H22N2O/c1-11(17-3)10-16(2)13-8-4-6-12-7-5-9-15-14(12)13/h4,6,8,11,15H,5,7,9-10H2,1-3H3. The summed E-state index contributed by atoms with van der Waals surface area (Å²) in [5, 5.41) is 3.52. The maximum absolute atomic E-state index is 5.32. The van der Waals surface area contributed by atoms with Gasteiger partial charge in [0.2, 0.25) is 0 Å². The van der Waals surface area contributed by atoms with Gasteiger partial charge in [0, 0.05) is 27.2 Å². The lowest BCUT2D eigenvalue weighted by Crippen LogP contribution is -2.29. The molecule has 0 radical (unpaired) electrons. The van der Waals surface area contributed by atoms with Crippen LogP contribution in [0.15, 0.2) is 18.2 Å². The summed E-state index contributed by atoms with van der Waals surface area (Å²) in [7, 11) is 3.89. The first-order valence-electron chi connectivity index (χ1n) is 6.32. The van der Waals surface area contributed by atoms with Gasteiger partial charge < -0.3 is 15.0 Å². The Hall–Kier alpha value is -1.22. The smallest absolute Gasteiger partial charge is 0.0717 e. The van der Waals surface area contributed by atoms with Gasteiger partial charge in [-0.2, -0.15) is 0 Å². The SMILES string of the molecule is COC(C)CN(C)c1cccc2c1NCCC2. The van der Waals surface area contributed by atoms with Crippen LogP contribution in [0, 0.1) is 0 Å². The molecule has 1 unspecified atom stereocenters. The first kappa shape index (κ1) is 12.2. The first-order valence-corrected chi connectivity index (χ1v) is 6.32. The van der Waals surface area contributed by atoms with Crippen molar-refractivity contribution in [1.82, 2.24) is 0 Å². The van der Waals surface area contributed by atoms with Gasteiger partial charge in [-0.15, -0.1) is 0 Å². The van der Waals surface area contributed by atoms with Crippen molar-refractivity contribution in [3.05, 3.63) is 23.8 Å².